The number of rotatable bonds is 4. The number of hydrogen-bond donors (Lipinski definition) is 1. The first-order valence-corrected chi connectivity index (χ1v) is 10.5. The Morgan fingerprint density at radius 1 is 1.20 bits per heavy atom. The Labute approximate surface area is 151 Å². The van der Waals surface area contributed by atoms with E-state index in [1.54, 1.807) is 36.4 Å². The summed E-state index contributed by atoms with van der Waals surface area (Å²) in [6.07, 6.45) is 6.00. The zero-order valence-corrected chi connectivity index (χ0v) is 15.1. The van der Waals surface area contributed by atoms with Crippen LogP contribution in [0.1, 0.15) is 22.3 Å². The third-order valence-electron chi connectivity index (χ3n) is 3.90. The maximum absolute atomic E-state index is 12.6. The van der Waals surface area contributed by atoms with Crippen molar-refractivity contribution >= 4 is 33.2 Å². The molecule has 1 N–H and O–H groups in total. The van der Waals surface area contributed by atoms with Crippen molar-refractivity contribution in [1.82, 2.24) is 0 Å². The van der Waals surface area contributed by atoms with Crippen LogP contribution in [0, 0.1) is 12.3 Å². The highest BCUT2D eigenvalue weighted by molar-refractivity contribution is 8.02. The van der Waals surface area contributed by atoms with Crippen LogP contribution in [0.15, 0.2) is 53.4 Å². The predicted octanol–water partition coefficient (Wildman–Crippen LogP) is 3.20. The van der Waals surface area contributed by atoms with Crippen molar-refractivity contribution < 1.29 is 13.2 Å². The molecule has 1 amide bonds. The first-order chi connectivity index (χ1) is 12.0. The van der Waals surface area contributed by atoms with Crippen molar-refractivity contribution in [3.05, 3.63) is 59.7 Å². The minimum atomic E-state index is -2.95. The zero-order chi connectivity index (χ0) is 17.9. The molecule has 25 heavy (non-hydrogen) atoms. The number of nitrogens with one attached hydrogen (secondary N) is 1. The Bertz CT molecular complexity index is 945. The molecule has 0 aromatic heterocycles. The Morgan fingerprint density at radius 3 is 2.72 bits per heavy atom. The van der Waals surface area contributed by atoms with Gasteiger partial charge in [-0.3, -0.25) is 4.79 Å². The lowest BCUT2D eigenvalue weighted by atomic mass is 10.2. The number of thioether (sulfide) groups is 1. The average molecular weight is 371 g/mol. The highest BCUT2D eigenvalue weighted by Crippen LogP contribution is 2.33. The second-order valence-corrected chi connectivity index (χ2v) is 9.39. The minimum absolute atomic E-state index is 0.0104. The van der Waals surface area contributed by atoms with Gasteiger partial charge >= 0.3 is 0 Å². The molecule has 1 fully saturated rings. The molecule has 1 aliphatic rings. The fourth-order valence-electron chi connectivity index (χ4n) is 2.68. The first-order valence-electron chi connectivity index (χ1n) is 7.81. The summed E-state index contributed by atoms with van der Waals surface area (Å²) in [4.78, 5) is 13.4. The second-order valence-electron chi connectivity index (χ2n) is 5.82. The highest BCUT2D eigenvalue weighted by Gasteiger charge is 2.29. The third kappa shape index (κ3) is 4.44. The molecule has 6 heteroatoms. The van der Waals surface area contributed by atoms with E-state index in [-0.39, 0.29) is 22.7 Å². The molecular weight excluding hydrogens is 354 g/mol. The molecule has 0 saturated carbocycles. The Balaban J connectivity index is 1.78. The normalized spacial score (nSPS) is 18.4. The molecule has 0 aliphatic carbocycles. The van der Waals surface area contributed by atoms with E-state index in [9.17, 15) is 13.2 Å². The van der Waals surface area contributed by atoms with Gasteiger partial charge in [0, 0.05) is 21.4 Å². The fraction of sp³-hybridized carbons (Fsp3) is 0.211. The Kier molecular flexibility index (Phi) is 5.16. The predicted molar refractivity (Wildman–Crippen MR) is 102 cm³/mol. The van der Waals surface area contributed by atoms with Gasteiger partial charge in [-0.1, -0.05) is 24.1 Å². The van der Waals surface area contributed by atoms with Gasteiger partial charge in [-0.25, -0.2) is 8.42 Å². The van der Waals surface area contributed by atoms with Crippen molar-refractivity contribution in [2.75, 3.05) is 16.8 Å². The lowest BCUT2D eigenvalue weighted by Crippen LogP contribution is -2.14. The minimum Gasteiger partial charge on any atom is -0.322 e. The van der Waals surface area contributed by atoms with E-state index in [1.807, 2.05) is 12.1 Å². The summed E-state index contributed by atoms with van der Waals surface area (Å²) in [5.74, 6) is 2.68. The summed E-state index contributed by atoms with van der Waals surface area (Å²) in [6.45, 7) is 0. The third-order valence-corrected chi connectivity index (χ3v) is 7.23. The Morgan fingerprint density at radius 2 is 2.00 bits per heavy atom. The number of benzene rings is 2. The quantitative estimate of drug-likeness (QED) is 0.839. The van der Waals surface area contributed by atoms with Crippen molar-refractivity contribution in [2.24, 2.45) is 0 Å². The van der Waals surface area contributed by atoms with Crippen LogP contribution in [-0.4, -0.2) is 31.1 Å². The molecule has 4 nitrogen and oxygen atoms in total. The van der Waals surface area contributed by atoms with Gasteiger partial charge in [0.2, 0.25) is 0 Å². The van der Waals surface area contributed by atoms with Gasteiger partial charge in [-0.05, 0) is 36.8 Å². The summed E-state index contributed by atoms with van der Waals surface area (Å²) in [7, 11) is -2.95. The average Bonchev–Trinajstić information content (AvgIpc) is 2.94. The lowest BCUT2D eigenvalue weighted by molar-refractivity contribution is 0.102. The monoisotopic (exact) mass is 371 g/mol. The molecule has 1 saturated heterocycles. The van der Waals surface area contributed by atoms with Gasteiger partial charge in [0.05, 0.1) is 17.1 Å². The molecule has 1 aliphatic heterocycles. The number of carbonyl (C=O) groups is 1. The van der Waals surface area contributed by atoms with Crippen molar-refractivity contribution in [3.63, 3.8) is 0 Å². The van der Waals surface area contributed by atoms with Crippen molar-refractivity contribution in [2.45, 2.75) is 16.6 Å². The second kappa shape index (κ2) is 7.34. The number of amides is 1. The number of terminal acetylenes is 1. The molecule has 0 radical (unpaired) electrons. The molecule has 1 atom stereocenters. The van der Waals surface area contributed by atoms with Crippen molar-refractivity contribution in [1.29, 1.82) is 0 Å². The fourth-order valence-corrected chi connectivity index (χ4v) is 6.30. The number of hydrogen-bond acceptors (Lipinski definition) is 4. The molecule has 1 heterocycles. The summed E-state index contributed by atoms with van der Waals surface area (Å²) in [5.41, 5.74) is 1.85. The van der Waals surface area contributed by atoms with E-state index in [1.165, 1.54) is 11.8 Å². The van der Waals surface area contributed by atoms with Crippen LogP contribution >= 0.6 is 11.8 Å². The summed E-state index contributed by atoms with van der Waals surface area (Å²) < 4.78 is 23.3. The highest BCUT2D eigenvalue weighted by atomic mass is 32.2. The van der Waals surface area contributed by atoms with E-state index in [0.29, 0.717) is 23.2 Å². The van der Waals surface area contributed by atoms with Crippen LogP contribution < -0.4 is 5.32 Å². The molecule has 0 spiro atoms. The standard InChI is InChI=1S/C19H17NO3S2/c1-2-14-6-5-7-15(12-14)20-19(21)17-8-3-4-9-18(17)24-16-10-11-25(22,23)13-16/h1,3-9,12,16H,10-11,13H2,(H,20,21). The molecule has 128 valence electrons. The van der Waals surface area contributed by atoms with Gasteiger partial charge in [0.1, 0.15) is 0 Å². The van der Waals surface area contributed by atoms with Gasteiger partial charge in [0.25, 0.3) is 5.91 Å². The topological polar surface area (TPSA) is 63.2 Å². The maximum atomic E-state index is 12.6. The van der Waals surface area contributed by atoms with E-state index in [0.717, 1.165) is 4.90 Å². The van der Waals surface area contributed by atoms with Crippen molar-refractivity contribution in [3.8, 4) is 12.3 Å². The van der Waals surface area contributed by atoms with E-state index < -0.39 is 9.84 Å². The molecular formula is C19H17NO3S2. The summed E-state index contributed by atoms with van der Waals surface area (Å²) in [5, 5.41) is 2.84. The number of carbonyl (C=O) groups excluding carboxylic acids is 1. The molecule has 2 aromatic rings. The van der Waals surface area contributed by atoms with E-state index >= 15 is 0 Å². The van der Waals surface area contributed by atoms with Crippen LogP contribution in [0.2, 0.25) is 0 Å². The number of sulfone groups is 1. The smallest absolute Gasteiger partial charge is 0.256 e. The van der Waals surface area contributed by atoms with Gasteiger partial charge in [-0.2, -0.15) is 0 Å². The van der Waals surface area contributed by atoms with E-state index in [4.69, 9.17) is 6.42 Å². The van der Waals surface area contributed by atoms with Crippen LogP contribution in [0.3, 0.4) is 0 Å². The largest absolute Gasteiger partial charge is 0.322 e. The van der Waals surface area contributed by atoms with Gasteiger partial charge in [-0.15, -0.1) is 18.2 Å². The molecule has 2 aromatic carbocycles. The molecule has 1 unspecified atom stereocenters. The van der Waals surface area contributed by atoms with Crippen LogP contribution in [-0.2, 0) is 9.84 Å². The van der Waals surface area contributed by atoms with Crippen LogP contribution in [0.5, 0.6) is 0 Å². The summed E-state index contributed by atoms with van der Waals surface area (Å²) in [6, 6.07) is 14.3. The lowest BCUT2D eigenvalue weighted by Gasteiger charge is -2.13. The first kappa shape index (κ1) is 17.6. The molecule has 3 rings (SSSR count). The van der Waals surface area contributed by atoms with Crippen LogP contribution in [0.25, 0.3) is 0 Å². The maximum Gasteiger partial charge on any atom is 0.256 e. The Hall–Kier alpha value is -2.23. The van der Waals surface area contributed by atoms with Gasteiger partial charge in [0.15, 0.2) is 9.84 Å². The van der Waals surface area contributed by atoms with Crippen LogP contribution in [0.4, 0.5) is 5.69 Å². The molecule has 0 bridgehead atoms. The SMILES string of the molecule is C#Cc1cccc(NC(=O)c2ccccc2SC2CCS(=O)(=O)C2)c1. The van der Waals surface area contributed by atoms with Gasteiger partial charge < -0.3 is 5.32 Å². The van der Waals surface area contributed by atoms with E-state index in [2.05, 4.69) is 11.2 Å². The summed E-state index contributed by atoms with van der Waals surface area (Å²) >= 11 is 1.45. The zero-order valence-electron chi connectivity index (χ0n) is 13.4. The number of anilines is 1.